The fraction of sp³-hybridized carbons (Fsp3) is 0.217. The van der Waals surface area contributed by atoms with E-state index in [1.807, 2.05) is 36.4 Å². The van der Waals surface area contributed by atoms with E-state index < -0.39 is 13.8 Å². The van der Waals surface area contributed by atoms with Gasteiger partial charge in [0.15, 0.2) is 0 Å². The van der Waals surface area contributed by atoms with Crippen LogP contribution in [0.25, 0.3) is 0 Å². The third kappa shape index (κ3) is 6.97. The van der Waals surface area contributed by atoms with Gasteiger partial charge in [-0.05, 0) is 51.2 Å². The number of benzene rings is 3. The zero-order valence-electron chi connectivity index (χ0n) is 16.5. The number of alkyl halides is 2. The Labute approximate surface area is 188 Å². The molecule has 0 amide bonds. The van der Waals surface area contributed by atoms with Crippen molar-refractivity contribution in [2.24, 2.45) is 0 Å². The Morgan fingerprint density at radius 1 is 0.935 bits per heavy atom. The first-order valence-electron chi connectivity index (χ1n) is 9.60. The molecule has 0 aliphatic heterocycles. The van der Waals surface area contributed by atoms with E-state index in [0.717, 1.165) is 12.0 Å². The van der Waals surface area contributed by atoms with Crippen LogP contribution in [-0.2, 0) is 22.3 Å². The maximum Gasteiger partial charge on any atom is 0.442 e. The first kappa shape index (κ1) is 23.6. The van der Waals surface area contributed by atoms with E-state index >= 15 is 0 Å². The molecular weight excluding hydrogens is 489 g/mol. The summed E-state index contributed by atoms with van der Waals surface area (Å²) in [4.78, 5) is 9.21. The Hall–Kier alpha value is -2.05. The molecule has 2 unspecified atom stereocenters. The molecule has 0 radical (unpaired) electrons. The molecule has 3 aromatic carbocycles. The summed E-state index contributed by atoms with van der Waals surface area (Å²) in [5, 5.41) is 0. The van der Waals surface area contributed by atoms with E-state index in [4.69, 9.17) is 4.74 Å². The van der Waals surface area contributed by atoms with Crippen molar-refractivity contribution in [3.05, 3.63) is 100 Å². The van der Waals surface area contributed by atoms with Crippen molar-refractivity contribution < 1.29 is 27.5 Å². The minimum atomic E-state index is -5.02. The van der Waals surface area contributed by atoms with E-state index in [1.165, 1.54) is 17.2 Å². The Bertz CT molecular complexity index is 1020. The SMILES string of the molecule is O=P(O)(Oc1ccc(COCC(Cc2ccccc2)c2ccccc2)cc1Br)C(F)F. The van der Waals surface area contributed by atoms with Crippen molar-refractivity contribution in [2.75, 3.05) is 6.61 Å². The Balaban J connectivity index is 1.63. The molecule has 3 rings (SSSR count). The highest BCUT2D eigenvalue weighted by atomic mass is 79.9. The highest BCUT2D eigenvalue weighted by Gasteiger charge is 2.34. The summed E-state index contributed by atoms with van der Waals surface area (Å²) >= 11 is 3.19. The van der Waals surface area contributed by atoms with Gasteiger partial charge in [0.1, 0.15) is 5.75 Å². The number of ether oxygens (including phenoxy) is 1. The molecule has 0 saturated heterocycles. The molecule has 31 heavy (non-hydrogen) atoms. The largest absolute Gasteiger partial charge is 0.442 e. The summed E-state index contributed by atoms with van der Waals surface area (Å²) in [6.45, 7) is 0.786. The van der Waals surface area contributed by atoms with E-state index in [2.05, 4.69) is 44.7 Å². The van der Waals surface area contributed by atoms with Crippen LogP contribution < -0.4 is 4.52 Å². The van der Waals surface area contributed by atoms with Gasteiger partial charge in [-0.3, -0.25) is 0 Å². The zero-order valence-corrected chi connectivity index (χ0v) is 19.0. The minimum absolute atomic E-state index is 0.124. The van der Waals surface area contributed by atoms with Crippen LogP contribution in [0.2, 0.25) is 0 Å². The van der Waals surface area contributed by atoms with E-state index in [-0.39, 0.29) is 11.7 Å². The van der Waals surface area contributed by atoms with Crippen molar-refractivity contribution in [3.8, 4) is 5.75 Å². The Morgan fingerprint density at radius 3 is 2.19 bits per heavy atom. The summed E-state index contributed by atoms with van der Waals surface area (Å²) in [6, 6.07) is 24.9. The third-order valence-corrected chi connectivity index (χ3v) is 6.23. The molecule has 0 fully saturated rings. The smallest absolute Gasteiger partial charge is 0.420 e. The summed E-state index contributed by atoms with van der Waals surface area (Å²) in [6.07, 6.45) is -2.64. The fourth-order valence-corrected chi connectivity index (χ4v) is 4.26. The molecule has 2 atom stereocenters. The van der Waals surface area contributed by atoms with Crippen molar-refractivity contribution in [1.82, 2.24) is 0 Å². The highest BCUT2D eigenvalue weighted by Crippen LogP contribution is 2.50. The van der Waals surface area contributed by atoms with Gasteiger partial charge in [-0.25, -0.2) is 4.57 Å². The molecular formula is C23H22BrF2O4P. The van der Waals surface area contributed by atoms with Crippen LogP contribution in [0.5, 0.6) is 5.75 Å². The second-order valence-electron chi connectivity index (χ2n) is 7.01. The normalized spacial score (nSPS) is 14.2. The maximum atomic E-state index is 12.6. The van der Waals surface area contributed by atoms with Gasteiger partial charge in [-0.15, -0.1) is 0 Å². The molecule has 164 valence electrons. The lowest BCUT2D eigenvalue weighted by Crippen LogP contribution is -2.11. The van der Waals surface area contributed by atoms with Crippen molar-refractivity contribution in [1.29, 1.82) is 0 Å². The predicted octanol–water partition coefficient (Wildman–Crippen LogP) is 6.78. The van der Waals surface area contributed by atoms with Crippen LogP contribution >= 0.6 is 23.5 Å². The van der Waals surface area contributed by atoms with Crippen LogP contribution in [-0.4, -0.2) is 17.7 Å². The Morgan fingerprint density at radius 2 is 1.58 bits per heavy atom. The van der Waals surface area contributed by atoms with E-state index in [0.29, 0.717) is 17.7 Å². The van der Waals surface area contributed by atoms with E-state index in [1.54, 1.807) is 12.1 Å². The predicted molar refractivity (Wildman–Crippen MR) is 120 cm³/mol. The average molecular weight is 511 g/mol. The first-order chi connectivity index (χ1) is 14.8. The van der Waals surface area contributed by atoms with Crippen molar-refractivity contribution in [2.45, 2.75) is 25.1 Å². The molecule has 0 saturated carbocycles. The molecule has 0 bridgehead atoms. The van der Waals surface area contributed by atoms with Crippen LogP contribution in [0, 0.1) is 0 Å². The van der Waals surface area contributed by atoms with Gasteiger partial charge in [0.2, 0.25) is 0 Å². The molecule has 0 aliphatic carbocycles. The standard InChI is InChI=1S/C23H22BrF2O4P/c24-21-14-18(11-12-22(21)30-31(27,28)23(25)26)15-29-16-20(19-9-5-2-6-10-19)13-17-7-3-1-4-8-17/h1-12,14,20,23H,13,15-16H2,(H,27,28). The maximum absolute atomic E-state index is 12.6. The fourth-order valence-electron chi connectivity index (χ4n) is 3.10. The molecule has 0 aliphatic rings. The first-order valence-corrected chi connectivity index (χ1v) is 12.0. The summed E-state index contributed by atoms with van der Waals surface area (Å²) < 4.78 is 47.4. The molecule has 0 aromatic heterocycles. The van der Waals surface area contributed by atoms with Crippen LogP contribution in [0.3, 0.4) is 0 Å². The average Bonchev–Trinajstić information content (AvgIpc) is 2.76. The Kier molecular flexibility index (Phi) is 8.38. The van der Waals surface area contributed by atoms with Crippen LogP contribution in [0.15, 0.2) is 83.3 Å². The summed E-state index contributed by atoms with van der Waals surface area (Å²) in [5.74, 6) is 0.0436. The molecule has 4 nitrogen and oxygen atoms in total. The van der Waals surface area contributed by atoms with Crippen LogP contribution in [0.4, 0.5) is 8.78 Å². The van der Waals surface area contributed by atoms with Crippen LogP contribution in [0.1, 0.15) is 22.6 Å². The molecule has 3 aromatic rings. The second-order valence-corrected chi connectivity index (χ2v) is 9.57. The van der Waals surface area contributed by atoms with E-state index in [9.17, 15) is 18.2 Å². The second kappa shape index (κ2) is 11.0. The zero-order chi connectivity index (χ0) is 22.3. The van der Waals surface area contributed by atoms with Crippen molar-refractivity contribution >= 4 is 23.5 Å². The lowest BCUT2D eigenvalue weighted by molar-refractivity contribution is 0.106. The summed E-state index contributed by atoms with van der Waals surface area (Å²) in [7, 11) is -5.02. The molecule has 0 spiro atoms. The quantitative estimate of drug-likeness (QED) is 0.305. The van der Waals surface area contributed by atoms with Gasteiger partial charge in [-0.2, -0.15) is 8.78 Å². The topological polar surface area (TPSA) is 55.8 Å². The number of halogens is 3. The number of hydrogen-bond acceptors (Lipinski definition) is 3. The highest BCUT2D eigenvalue weighted by molar-refractivity contribution is 9.10. The van der Waals surface area contributed by atoms with Gasteiger partial charge in [0.25, 0.3) is 0 Å². The number of hydrogen-bond donors (Lipinski definition) is 1. The summed E-state index contributed by atoms with van der Waals surface area (Å²) in [5.41, 5.74) is 3.18. The third-order valence-electron chi connectivity index (χ3n) is 4.66. The van der Waals surface area contributed by atoms with Gasteiger partial charge >= 0.3 is 13.8 Å². The monoisotopic (exact) mass is 510 g/mol. The molecule has 1 N–H and O–H groups in total. The molecule has 8 heteroatoms. The van der Waals surface area contributed by atoms with Gasteiger partial charge < -0.3 is 14.2 Å². The van der Waals surface area contributed by atoms with Gasteiger partial charge in [0, 0.05) is 5.92 Å². The van der Waals surface area contributed by atoms with Gasteiger partial charge in [0.05, 0.1) is 17.7 Å². The van der Waals surface area contributed by atoms with Gasteiger partial charge in [-0.1, -0.05) is 66.7 Å². The number of rotatable bonds is 10. The lowest BCUT2D eigenvalue weighted by Gasteiger charge is -2.18. The molecule has 0 heterocycles. The minimum Gasteiger partial charge on any atom is -0.420 e. The lowest BCUT2D eigenvalue weighted by atomic mass is 9.93. The van der Waals surface area contributed by atoms with Crippen molar-refractivity contribution in [3.63, 3.8) is 0 Å².